The van der Waals surface area contributed by atoms with Crippen LogP contribution in [0.4, 0.5) is 0 Å². The molecule has 0 atom stereocenters. The molecular formula is C77H134N24O32. The Balaban J connectivity index is 1.74. The Bertz CT molecular complexity index is 3430. The lowest BCUT2D eigenvalue weighted by Gasteiger charge is -2.35. The average molecular weight is 1910 g/mol. The van der Waals surface area contributed by atoms with Gasteiger partial charge in [-0.2, -0.15) is 0 Å². The van der Waals surface area contributed by atoms with Gasteiger partial charge in [0, 0.05) is 248 Å². The number of carboxylic acid groups (broad SMARTS) is 11. The fourth-order valence-corrected chi connectivity index (χ4v) is 14.7. The van der Waals surface area contributed by atoms with Crippen LogP contribution in [0, 0.1) is 5.41 Å². The molecule has 0 radical (unpaired) electrons. The fourth-order valence-electron chi connectivity index (χ4n) is 14.7. The second-order valence-corrected chi connectivity index (χ2v) is 33.0. The van der Waals surface area contributed by atoms with Gasteiger partial charge in [-0.05, 0) is 0 Å². The van der Waals surface area contributed by atoms with Gasteiger partial charge in [0.15, 0.2) is 6.29 Å². The van der Waals surface area contributed by atoms with Crippen molar-refractivity contribution in [3.8, 4) is 0 Å². The van der Waals surface area contributed by atoms with Crippen LogP contribution in [0.5, 0.6) is 0 Å². The first-order valence-corrected chi connectivity index (χ1v) is 43.4. The minimum Gasteiger partial charge on any atom is -0.480 e. The minimum atomic E-state index is -1.85. The lowest BCUT2D eigenvalue weighted by Crippen LogP contribution is -2.59. The molecule has 0 aromatic carbocycles. The monoisotopic (exact) mass is 1910 g/mol. The van der Waals surface area contributed by atoms with Crippen LogP contribution in [0.25, 0.3) is 0 Å². The molecule has 8 amide bonds. The van der Waals surface area contributed by atoms with Gasteiger partial charge in [0.1, 0.15) is 0 Å². The van der Waals surface area contributed by atoms with Gasteiger partial charge >= 0.3 is 65.7 Å². The molecule has 56 heteroatoms. The third kappa shape index (κ3) is 54.9. The minimum absolute atomic E-state index is 0.00254. The maximum Gasteiger partial charge on any atom is 0.317 e. The zero-order valence-electron chi connectivity index (χ0n) is 74.9. The van der Waals surface area contributed by atoms with E-state index in [1.54, 1.807) is 29.4 Å². The van der Waals surface area contributed by atoms with Gasteiger partial charge in [0.25, 0.3) is 0 Å². The van der Waals surface area contributed by atoms with E-state index in [9.17, 15) is 157 Å². The van der Waals surface area contributed by atoms with Crippen LogP contribution >= 0.6 is 0 Å². The molecule has 0 unspecified atom stereocenters. The average Bonchev–Trinajstić information content (AvgIpc) is 0.845. The number of carbonyl (C=O) groups excluding carboxylic acids is 8. The lowest BCUT2D eigenvalue weighted by molar-refractivity contribution is -0.140. The van der Waals surface area contributed by atoms with Gasteiger partial charge in [0.05, 0.1) is 124 Å². The molecule has 21 N–H and O–H groups in total. The smallest absolute Gasteiger partial charge is 0.317 e. The van der Waals surface area contributed by atoms with Gasteiger partial charge in [-0.25, -0.2) is 0 Å². The van der Waals surface area contributed by atoms with Gasteiger partial charge < -0.3 is 109 Å². The lowest BCUT2D eigenvalue weighted by atomic mass is 9.86. The van der Waals surface area contributed by atoms with Crippen LogP contribution < -0.4 is 42.5 Å². The Morgan fingerprint density at radius 2 is 0.286 bits per heavy atom. The highest BCUT2D eigenvalue weighted by molar-refractivity contribution is 5.88. The van der Waals surface area contributed by atoms with Crippen LogP contribution in [-0.2, 0) is 91.1 Å². The summed E-state index contributed by atoms with van der Waals surface area (Å²) in [6.07, 6.45) is -1.83. The number of amides is 8. The summed E-state index contributed by atoms with van der Waals surface area (Å²) in [4.78, 5) is 269. The van der Waals surface area contributed by atoms with Gasteiger partial charge in [-0.3, -0.25) is 169 Å². The fraction of sp³-hybridized carbons (Fsp3) is 0.753. The largest absolute Gasteiger partial charge is 0.480 e. The summed E-state index contributed by atoms with van der Waals surface area (Å²) in [5.74, 6) is -20.1. The van der Waals surface area contributed by atoms with Gasteiger partial charge in [-0.1, -0.05) is 0 Å². The highest BCUT2D eigenvalue weighted by Crippen LogP contribution is 2.15. The molecule has 0 spiro atoms. The normalized spacial score (nSPS) is 18.5. The van der Waals surface area contributed by atoms with Gasteiger partial charge in [-0.15, -0.1) is 0 Å². The molecule has 0 aromatic heterocycles. The van der Waals surface area contributed by atoms with E-state index >= 15 is 0 Å². The Morgan fingerprint density at radius 1 is 0.173 bits per heavy atom. The molecule has 4 fully saturated rings. The van der Waals surface area contributed by atoms with Crippen LogP contribution in [0.3, 0.4) is 0 Å². The molecule has 0 saturated carbocycles. The molecule has 133 heavy (non-hydrogen) atoms. The van der Waals surface area contributed by atoms with Crippen molar-refractivity contribution in [3.63, 3.8) is 0 Å². The maximum absolute atomic E-state index is 14.3. The number of hydrogen-bond donors (Lipinski definition) is 21. The second kappa shape index (κ2) is 62.6. The molecular weight excluding hydrogens is 1770 g/mol. The molecule has 4 aliphatic rings. The van der Waals surface area contributed by atoms with E-state index in [4.69, 9.17) is 0 Å². The van der Waals surface area contributed by atoms with Crippen molar-refractivity contribution in [1.29, 1.82) is 0 Å². The number of aliphatic carboxylic acids is 11. The molecule has 0 aromatic rings. The van der Waals surface area contributed by atoms with Crippen LogP contribution in [0.1, 0.15) is 0 Å². The Kier molecular flexibility index (Phi) is 53.9. The molecule has 4 heterocycles. The molecule has 0 aliphatic carbocycles. The number of hydrogen-bond acceptors (Lipinski definition) is 37. The summed E-state index contributed by atoms with van der Waals surface area (Å²) in [7, 11) is 0. The van der Waals surface area contributed by atoms with E-state index < -0.39 is 275 Å². The first-order valence-electron chi connectivity index (χ1n) is 43.4. The number of rotatable bonds is 48. The molecule has 0 bridgehead atoms. The van der Waals surface area contributed by atoms with Crippen molar-refractivity contribution in [3.05, 3.63) is 0 Å². The number of nitrogens with zero attached hydrogens (tertiary/aromatic N) is 16. The molecule has 56 nitrogen and oxygen atoms in total. The summed E-state index contributed by atoms with van der Waals surface area (Å²) in [6, 6.07) is 0. The number of nitrogens with one attached hydrogen (secondary N) is 8. The Morgan fingerprint density at radius 3 is 0.398 bits per heavy atom. The van der Waals surface area contributed by atoms with E-state index in [0.717, 1.165) is 0 Å². The number of carbonyl (C=O) groups is 19. The molecule has 4 saturated heterocycles. The SMILES string of the molecule is O=C(O)CN1CCN(CC(=O)O)CCN(CC(=O)NCC(=O)NCC(CNC(=O)CNC(=O)CN2CCN(CC(=O)O)CCN(CC(=O)O)CCN(CC(=O)O)CC2)(CNC(=O)CNC(=O)CN2CCN(CC(=O)O)CCN(CC(=O)O)CCN(CC(=O)O)CC2)CNC(=O)CNC(=O)CN2CCN(CC(=O)O)CCN(CC(=O)O)CCN(CC(O)O)CC2)CCN(CC(=O)O)CC1. The van der Waals surface area contributed by atoms with Crippen molar-refractivity contribution >= 4 is 113 Å². The summed E-state index contributed by atoms with van der Waals surface area (Å²) < 4.78 is 0. The molecule has 754 valence electrons. The topological polar surface area (TPSA) is 735 Å². The van der Waals surface area contributed by atoms with E-state index in [-0.39, 0.29) is 216 Å². The van der Waals surface area contributed by atoms with Crippen molar-refractivity contribution in [1.82, 2.24) is 121 Å². The number of aliphatic hydroxyl groups excluding tert-OH is 1. The molecule has 4 aliphatic heterocycles. The first kappa shape index (κ1) is 115. The maximum atomic E-state index is 14.3. The standard InChI is InChI=1S/C77H134N24O32/c102-57(33-78-61(106)37-86-1-9-90(41-65(110)111)17-25-98(49-73(126)127)26-18-91(10-2-86)42-66(112)113)82-53-77(54-83-58(103)34-79-62(107)38-87-3-11-92(43-67(114)115)19-27-99(50-74(128)129)28-20-93(12-4-87)44-68(116)117,55-84-59(104)35-80-63(108)39-88-5-13-94(45-69(118)119)21-29-100(51-75(130)131)30-22-95(14-6-88)46-70(120)121)56-85-60(105)36-81-64(109)40-89-7-15-96(47-71(122)123)23-31-101(52-76(132)133)32-24-97(16-8-89)48-72(124)125/h65,110-111H,1-56H2,(H,78,106)(H,79,107)(H,80,108)(H,81,109)(H,82,102)(H,83,103)(H,84,104)(H,85,105)(H,112,113)(H,114,115)(H,116,117)(H,118,119)(H,120,121)(H,122,123)(H,124,125)(H,126,127)(H,128,129)(H,130,131)(H,132,133). The van der Waals surface area contributed by atoms with Gasteiger partial charge in [0.2, 0.25) is 47.3 Å². The third-order valence-corrected chi connectivity index (χ3v) is 22.0. The van der Waals surface area contributed by atoms with Crippen LogP contribution in [-0.4, -0.2) is 630 Å². The van der Waals surface area contributed by atoms with E-state index in [2.05, 4.69) is 42.5 Å². The van der Waals surface area contributed by atoms with Crippen molar-refractivity contribution in [2.75, 3.05) is 367 Å². The first-order chi connectivity index (χ1) is 62.9. The summed E-state index contributed by atoms with van der Waals surface area (Å²) >= 11 is 0. The number of aliphatic hydroxyl groups is 2. The predicted molar refractivity (Wildman–Crippen MR) is 462 cm³/mol. The zero-order chi connectivity index (χ0) is 98.5. The Labute approximate surface area is 766 Å². The predicted octanol–water partition coefficient (Wildman–Crippen LogP) is -16.0. The van der Waals surface area contributed by atoms with E-state index in [1.807, 2.05) is 0 Å². The third-order valence-electron chi connectivity index (χ3n) is 22.0. The highest BCUT2D eigenvalue weighted by Gasteiger charge is 2.35. The Hall–Kier alpha value is -10.8. The summed E-state index contributed by atoms with van der Waals surface area (Å²) in [6.45, 7) is -11.5. The summed E-state index contributed by atoms with van der Waals surface area (Å²) in [5.41, 5.74) is -1.85. The van der Waals surface area contributed by atoms with Crippen molar-refractivity contribution in [2.24, 2.45) is 5.41 Å². The zero-order valence-corrected chi connectivity index (χ0v) is 74.9. The van der Waals surface area contributed by atoms with Crippen molar-refractivity contribution in [2.45, 2.75) is 6.29 Å². The quantitative estimate of drug-likeness (QED) is 0.0252. The highest BCUT2D eigenvalue weighted by atomic mass is 16.5. The molecule has 4 rings (SSSR count). The van der Waals surface area contributed by atoms with Crippen LogP contribution in [0.15, 0.2) is 0 Å². The van der Waals surface area contributed by atoms with Crippen LogP contribution in [0.2, 0.25) is 0 Å². The number of β-amino-alcohol motifs (C(OH)–C–C–N with tert-alkyl or cyclic N) is 2. The van der Waals surface area contributed by atoms with Crippen molar-refractivity contribution < 1.29 is 157 Å². The van der Waals surface area contributed by atoms with E-state index in [0.29, 0.717) is 0 Å². The summed E-state index contributed by atoms with van der Waals surface area (Å²) in [5, 5.41) is 148. The van der Waals surface area contributed by atoms with E-state index in [1.165, 1.54) is 49.0 Å². The second-order valence-electron chi connectivity index (χ2n) is 33.0. The number of carboxylic acids is 11.